The van der Waals surface area contributed by atoms with Crippen molar-refractivity contribution >= 4 is 41.5 Å². The molecule has 0 unspecified atom stereocenters. The molecule has 2 N–H and O–H groups in total. The second kappa shape index (κ2) is 11.8. The van der Waals surface area contributed by atoms with Gasteiger partial charge in [0.05, 0.1) is 13.7 Å². The number of methoxy groups -OCH3 is 1. The molecule has 0 aromatic heterocycles. The van der Waals surface area contributed by atoms with Gasteiger partial charge in [-0.3, -0.25) is 4.99 Å². The summed E-state index contributed by atoms with van der Waals surface area (Å²) in [5.74, 6) is 2.28. The Morgan fingerprint density at radius 1 is 1.08 bits per heavy atom. The highest BCUT2D eigenvalue weighted by molar-refractivity contribution is 14.0. The number of ether oxygens (including phenoxy) is 2. The monoisotopic (exact) mass is 475 g/mol. The highest BCUT2D eigenvalue weighted by Crippen LogP contribution is 2.18. The van der Waals surface area contributed by atoms with E-state index in [1.807, 2.05) is 48.5 Å². The van der Waals surface area contributed by atoms with Crippen molar-refractivity contribution in [3.63, 3.8) is 0 Å². The maximum absolute atomic E-state index is 5.88. The Labute approximate surface area is 170 Å². The molecule has 0 fully saturated rings. The van der Waals surface area contributed by atoms with Crippen LogP contribution in [0.1, 0.15) is 5.56 Å². The zero-order valence-corrected chi connectivity index (χ0v) is 17.4. The van der Waals surface area contributed by atoms with Gasteiger partial charge in [0.25, 0.3) is 0 Å². The summed E-state index contributed by atoms with van der Waals surface area (Å²) < 4.78 is 10.8. The van der Waals surface area contributed by atoms with Crippen molar-refractivity contribution in [3.05, 3.63) is 59.1 Å². The summed E-state index contributed by atoms with van der Waals surface area (Å²) in [7, 11) is 3.37. The predicted molar refractivity (Wildman–Crippen MR) is 114 cm³/mol. The Morgan fingerprint density at radius 2 is 1.80 bits per heavy atom. The van der Waals surface area contributed by atoms with Crippen molar-refractivity contribution < 1.29 is 9.47 Å². The summed E-state index contributed by atoms with van der Waals surface area (Å²) in [6.45, 7) is 1.83. The summed E-state index contributed by atoms with van der Waals surface area (Å²) in [6, 6.07) is 15.2. The topological polar surface area (TPSA) is 54.9 Å². The predicted octanol–water partition coefficient (Wildman–Crippen LogP) is 3.71. The average Bonchev–Trinajstić information content (AvgIpc) is 2.62. The van der Waals surface area contributed by atoms with Crippen LogP contribution in [0.15, 0.2) is 53.5 Å². The smallest absolute Gasteiger partial charge is 0.191 e. The molecule has 0 atom stereocenters. The van der Waals surface area contributed by atoms with Crippen molar-refractivity contribution in [1.29, 1.82) is 0 Å². The lowest BCUT2D eigenvalue weighted by atomic mass is 10.2. The molecule has 5 nitrogen and oxygen atoms in total. The van der Waals surface area contributed by atoms with Crippen LogP contribution in [0.25, 0.3) is 0 Å². The van der Waals surface area contributed by atoms with Crippen LogP contribution in [0.2, 0.25) is 5.02 Å². The molecular formula is C18H23ClIN3O2. The van der Waals surface area contributed by atoms with Gasteiger partial charge in [-0.15, -0.1) is 24.0 Å². The van der Waals surface area contributed by atoms with Crippen molar-refractivity contribution in [2.45, 2.75) is 6.54 Å². The van der Waals surface area contributed by atoms with E-state index in [4.69, 9.17) is 21.1 Å². The van der Waals surface area contributed by atoms with Gasteiger partial charge in [-0.05, 0) is 29.8 Å². The summed E-state index contributed by atoms with van der Waals surface area (Å²) in [6.07, 6.45) is 0. The fourth-order valence-corrected chi connectivity index (χ4v) is 2.16. The van der Waals surface area contributed by atoms with E-state index >= 15 is 0 Å². The third-order valence-corrected chi connectivity index (χ3v) is 3.55. The number of nitrogens with one attached hydrogen (secondary N) is 2. The van der Waals surface area contributed by atoms with E-state index < -0.39 is 0 Å². The van der Waals surface area contributed by atoms with Gasteiger partial charge in [0.15, 0.2) is 5.96 Å². The number of halogens is 2. The molecule has 2 aromatic rings. The molecule has 0 aliphatic carbocycles. The quantitative estimate of drug-likeness (QED) is 0.277. The van der Waals surface area contributed by atoms with E-state index in [0.29, 0.717) is 19.7 Å². The fourth-order valence-electron chi connectivity index (χ4n) is 2.04. The normalized spacial score (nSPS) is 10.6. The average molecular weight is 476 g/mol. The minimum Gasteiger partial charge on any atom is -0.497 e. The van der Waals surface area contributed by atoms with Gasteiger partial charge in [-0.2, -0.15) is 0 Å². The molecule has 2 aromatic carbocycles. The molecule has 0 aliphatic rings. The summed E-state index contributed by atoms with van der Waals surface area (Å²) in [5.41, 5.74) is 1.13. The van der Waals surface area contributed by atoms with Crippen LogP contribution in [-0.2, 0) is 6.54 Å². The van der Waals surface area contributed by atoms with E-state index in [2.05, 4.69) is 15.6 Å². The number of rotatable bonds is 7. The Morgan fingerprint density at radius 3 is 2.48 bits per heavy atom. The molecule has 0 radical (unpaired) electrons. The van der Waals surface area contributed by atoms with Gasteiger partial charge in [-0.25, -0.2) is 0 Å². The first-order valence-corrected chi connectivity index (χ1v) is 8.05. The second-order valence-electron chi connectivity index (χ2n) is 5.01. The van der Waals surface area contributed by atoms with E-state index in [1.54, 1.807) is 14.2 Å². The van der Waals surface area contributed by atoms with E-state index in [1.165, 1.54) is 0 Å². The van der Waals surface area contributed by atoms with Crippen LogP contribution in [-0.4, -0.2) is 33.3 Å². The molecule has 7 heteroatoms. The lowest BCUT2D eigenvalue weighted by Crippen LogP contribution is -2.38. The van der Waals surface area contributed by atoms with Crippen LogP contribution in [0.3, 0.4) is 0 Å². The molecule has 0 saturated heterocycles. The van der Waals surface area contributed by atoms with Crippen molar-refractivity contribution in [3.8, 4) is 11.5 Å². The molecule has 136 valence electrons. The van der Waals surface area contributed by atoms with Gasteiger partial charge in [0, 0.05) is 24.7 Å². The van der Waals surface area contributed by atoms with Crippen LogP contribution in [0, 0.1) is 0 Å². The molecule has 0 bridgehead atoms. The Kier molecular flexibility index (Phi) is 10.1. The number of benzene rings is 2. The van der Waals surface area contributed by atoms with Crippen molar-refractivity contribution in [2.24, 2.45) is 4.99 Å². The number of hydrogen-bond acceptors (Lipinski definition) is 3. The molecule has 0 saturated carbocycles. The van der Waals surface area contributed by atoms with Crippen molar-refractivity contribution in [1.82, 2.24) is 10.6 Å². The molecule has 0 heterocycles. The zero-order chi connectivity index (χ0) is 17.2. The molecule has 2 rings (SSSR count). The minimum absolute atomic E-state index is 0. The van der Waals surface area contributed by atoms with E-state index in [0.717, 1.165) is 28.0 Å². The van der Waals surface area contributed by atoms with E-state index in [9.17, 15) is 0 Å². The first-order chi connectivity index (χ1) is 11.7. The highest BCUT2D eigenvalue weighted by Gasteiger charge is 2.00. The minimum atomic E-state index is 0. The van der Waals surface area contributed by atoms with Crippen molar-refractivity contribution in [2.75, 3.05) is 27.3 Å². The van der Waals surface area contributed by atoms with E-state index in [-0.39, 0.29) is 24.0 Å². The Bertz CT molecular complexity index is 666. The lowest BCUT2D eigenvalue weighted by molar-refractivity contribution is 0.319. The number of guanidine groups is 1. The standard InChI is InChI=1S/C18H22ClN3O2.HI/c1-20-18(22-13-14-6-8-15(19)9-7-14)21-10-11-24-17-5-3-4-16(12-17)23-2;/h3-9,12H,10-11,13H2,1-2H3,(H2,20,21,22);1H. The van der Waals surface area contributed by atoms with Crippen LogP contribution < -0.4 is 20.1 Å². The van der Waals surface area contributed by atoms with Gasteiger partial charge in [0.1, 0.15) is 18.1 Å². The maximum Gasteiger partial charge on any atom is 0.191 e. The summed E-state index contributed by atoms with van der Waals surface area (Å²) >= 11 is 5.88. The third-order valence-electron chi connectivity index (χ3n) is 3.30. The van der Waals surface area contributed by atoms with Gasteiger partial charge >= 0.3 is 0 Å². The summed E-state index contributed by atoms with van der Waals surface area (Å²) in [4.78, 5) is 4.19. The third kappa shape index (κ3) is 7.83. The SMILES string of the molecule is CN=C(NCCOc1cccc(OC)c1)NCc1ccc(Cl)cc1.I. The molecule has 0 aliphatic heterocycles. The fraction of sp³-hybridized carbons (Fsp3) is 0.278. The zero-order valence-electron chi connectivity index (χ0n) is 14.3. The van der Waals surface area contributed by atoms with Gasteiger partial charge < -0.3 is 20.1 Å². The summed E-state index contributed by atoms with van der Waals surface area (Å²) in [5, 5.41) is 7.18. The first-order valence-electron chi connectivity index (χ1n) is 7.67. The molecule has 0 amide bonds. The molecule has 0 spiro atoms. The van der Waals surface area contributed by atoms with Crippen LogP contribution >= 0.6 is 35.6 Å². The Hall–Kier alpha value is -1.67. The number of hydrogen-bond donors (Lipinski definition) is 2. The number of nitrogens with zero attached hydrogens (tertiary/aromatic N) is 1. The lowest BCUT2D eigenvalue weighted by Gasteiger charge is -2.13. The molecule has 25 heavy (non-hydrogen) atoms. The Balaban J connectivity index is 0.00000312. The first kappa shape index (κ1) is 21.4. The maximum atomic E-state index is 5.88. The second-order valence-corrected chi connectivity index (χ2v) is 5.44. The molecular weight excluding hydrogens is 453 g/mol. The number of aliphatic imine (C=N–C) groups is 1. The van der Waals surface area contributed by atoms with Gasteiger partial charge in [-0.1, -0.05) is 29.8 Å². The van der Waals surface area contributed by atoms with Crippen LogP contribution in [0.5, 0.6) is 11.5 Å². The highest BCUT2D eigenvalue weighted by atomic mass is 127. The van der Waals surface area contributed by atoms with Crippen LogP contribution in [0.4, 0.5) is 0 Å². The largest absolute Gasteiger partial charge is 0.497 e. The van der Waals surface area contributed by atoms with Gasteiger partial charge in [0.2, 0.25) is 0 Å².